The molecule has 0 amide bonds. The Labute approximate surface area is 106 Å². The van der Waals surface area contributed by atoms with Gasteiger partial charge in [0.15, 0.2) is 0 Å². The quantitative estimate of drug-likeness (QED) is 0.747. The van der Waals surface area contributed by atoms with E-state index in [0.29, 0.717) is 5.54 Å². The zero-order chi connectivity index (χ0) is 12.7. The Kier molecular flexibility index (Phi) is 2.97. The van der Waals surface area contributed by atoms with Crippen molar-refractivity contribution >= 4 is 5.69 Å². The fourth-order valence-corrected chi connectivity index (χ4v) is 2.96. The van der Waals surface area contributed by atoms with Gasteiger partial charge >= 0.3 is 0 Å². The molecule has 0 saturated carbocycles. The lowest BCUT2D eigenvalue weighted by Gasteiger charge is -2.40. The molecule has 0 unspecified atom stereocenters. The summed E-state index contributed by atoms with van der Waals surface area (Å²) < 4.78 is 0. The van der Waals surface area contributed by atoms with Crippen molar-refractivity contribution in [1.82, 2.24) is 0 Å². The predicted octanol–water partition coefficient (Wildman–Crippen LogP) is 4.36. The average molecular weight is 231 g/mol. The smallest absolute Gasteiger partial charge is 0.0409 e. The minimum Gasteiger partial charge on any atom is -0.365 e. The van der Waals surface area contributed by atoms with Crippen molar-refractivity contribution in [2.45, 2.75) is 58.4 Å². The second-order valence-corrected chi connectivity index (χ2v) is 6.19. The molecule has 0 bridgehead atoms. The highest BCUT2D eigenvalue weighted by Crippen LogP contribution is 2.44. The molecule has 1 heterocycles. The first-order valence-corrected chi connectivity index (χ1v) is 6.82. The minimum atomic E-state index is 0.280. The molecule has 0 radical (unpaired) electrons. The SMILES string of the molecule is CCC(C)(CC)N1CC(C)(C)c2ccccc21. The van der Waals surface area contributed by atoms with Gasteiger partial charge in [-0.1, -0.05) is 45.9 Å². The van der Waals surface area contributed by atoms with E-state index in [1.54, 1.807) is 0 Å². The molecule has 0 saturated heterocycles. The molecule has 2 rings (SSSR count). The molecule has 1 heteroatoms. The molecule has 0 spiro atoms. The number of para-hydroxylation sites is 1. The fourth-order valence-electron chi connectivity index (χ4n) is 2.96. The maximum Gasteiger partial charge on any atom is 0.0409 e. The molecule has 17 heavy (non-hydrogen) atoms. The summed E-state index contributed by atoms with van der Waals surface area (Å²) in [4.78, 5) is 2.63. The van der Waals surface area contributed by atoms with Gasteiger partial charge in [0.25, 0.3) is 0 Å². The van der Waals surface area contributed by atoms with Crippen LogP contribution in [-0.2, 0) is 5.41 Å². The average Bonchev–Trinajstić information content (AvgIpc) is 2.62. The number of nitrogens with zero attached hydrogens (tertiary/aromatic N) is 1. The van der Waals surface area contributed by atoms with Crippen LogP contribution in [0.15, 0.2) is 24.3 Å². The lowest BCUT2D eigenvalue weighted by molar-refractivity contribution is 0.377. The summed E-state index contributed by atoms with van der Waals surface area (Å²) in [5.74, 6) is 0. The van der Waals surface area contributed by atoms with Gasteiger partial charge in [0.1, 0.15) is 0 Å². The zero-order valence-corrected chi connectivity index (χ0v) is 11.9. The predicted molar refractivity (Wildman–Crippen MR) is 75.8 cm³/mol. The third-order valence-electron chi connectivity index (χ3n) is 4.65. The van der Waals surface area contributed by atoms with E-state index < -0.39 is 0 Å². The third kappa shape index (κ3) is 1.86. The van der Waals surface area contributed by atoms with E-state index in [2.05, 4.69) is 63.8 Å². The summed E-state index contributed by atoms with van der Waals surface area (Å²) in [7, 11) is 0. The Morgan fingerprint density at radius 3 is 2.35 bits per heavy atom. The number of benzene rings is 1. The Morgan fingerprint density at radius 2 is 1.76 bits per heavy atom. The van der Waals surface area contributed by atoms with Crippen LogP contribution < -0.4 is 4.90 Å². The Hall–Kier alpha value is -0.980. The highest BCUT2D eigenvalue weighted by molar-refractivity contribution is 5.63. The fraction of sp³-hybridized carbons (Fsp3) is 0.625. The maximum atomic E-state index is 2.63. The summed E-state index contributed by atoms with van der Waals surface area (Å²) in [5.41, 5.74) is 3.53. The van der Waals surface area contributed by atoms with E-state index in [4.69, 9.17) is 0 Å². The van der Waals surface area contributed by atoms with Crippen LogP contribution in [0.1, 0.15) is 53.0 Å². The second-order valence-electron chi connectivity index (χ2n) is 6.19. The van der Waals surface area contributed by atoms with Crippen molar-refractivity contribution < 1.29 is 0 Å². The maximum absolute atomic E-state index is 2.63. The van der Waals surface area contributed by atoms with Gasteiger partial charge in [-0.3, -0.25) is 0 Å². The van der Waals surface area contributed by atoms with E-state index >= 15 is 0 Å². The van der Waals surface area contributed by atoms with Gasteiger partial charge in [-0.2, -0.15) is 0 Å². The lowest BCUT2D eigenvalue weighted by Crippen LogP contribution is -2.46. The molecule has 94 valence electrons. The highest BCUT2D eigenvalue weighted by Gasteiger charge is 2.41. The molecule has 0 aliphatic carbocycles. The topological polar surface area (TPSA) is 3.24 Å². The Balaban J connectivity index is 2.48. The largest absolute Gasteiger partial charge is 0.365 e. The van der Waals surface area contributed by atoms with Gasteiger partial charge in [-0.05, 0) is 31.4 Å². The van der Waals surface area contributed by atoms with Crippen LogP contribution in [0.25, 0.3) is 0 Å². The standard InChI is InChI=1S/C16H25N/c1-6-16(5,7-2)17-12-15(3,4)13-10-8-9-11-14(13)17/h8-11H,6-7,12H2,1-5H3. The molecule has 1 aliphatic rings. The molecule has 0 aromatic heterocycles. The van der Waals surface area contributed by atoms with Crippen LogP contribution in [0, 0.1) is 0 Å². The van der Waals surface area contributed by atoms with E-state index in [-0.39, 0.29) is 5.41 Å². The summed E-state index contributed by atoms with van der Waals surface area (Å²) in [6.45, 7) is 12.9. The third-order valence-corrected chi connectivity index (χ3v) is 4.65. The first-order valence-electron chi connectivity index (χ1n) is 6.82. The highest BCUT2D eigenvalue weighted by atomic mass is 15.2. The first-order chi connectivity index (χ1) is 7.94. The molecular formula is C16H25N. The van der Waals surface area contributed by atoms with Gasteiger partial charge in [0.05, 0.1) is 0 Å². The van der Waals surface area contributed by atoms with Crippen LogP contribution in [0.4, 0.5) is 5.69 Å². The van der Waals surface area contributed by atoms with Crippen LogP contribution in [0.2, 0.25) is 0 Å². The van der Waals surface area contributed by atoms with Crippen LogP contribution >= 0.6 is 0 Å². The van der Waals surface area contributed by atoms with E-state index in [1.165, 1.54) is 24.1 Å². The molecular weight excluding hydrogens is 206 g/mol. The molecule has 1 aromatic carbocycles. The minimum absolute atomic E-state index is 0.280. The monoisotopic (exact) mass is 231 g/mol. The Bertz CT molecular complexity index is 402. The zero-order valence-electron chi connectivity index (χ0n) is 11.9. The van der Waals surface area contributed by atoms with Gasteiger partial charge in [0, 0.05) is 23.2 Å². The van der Waals surface area contributed by atoms with Crippen molar-refractivity contribution in [1.29, 1.82) is 0 Å². The second kappa shape index (κ2) is 4.04. The molecule has 0 atom stereocenters. The van der Waals surface area contributed by atoms with Gasteiger partial charge < -0.3 is 4.90 Å². The molecule has 0 N–H and O–H groups in total. The molecule has 1 aliphatic heterocycles. The van der Waals surface area contributed by atoms with Crippen molar-refractivity contribution in [3.8, 4) is 0 Å². The van der Waals surface area contributed by atoms with E-state index in [1.807, 2.05) is 0 Å². The van der Waals surface area contributed by atoms with Crippen molar-refractivity contribution in [2.75, 3.05) is 11.4 Å². The molecule has 0 fully saturated rings. The number of hydrogen-bond acceptors (Lipinski definition) is 1. The van der Waals surface area contributed by atoms with Crippen LogP contribution in [-0.4, -0.2) is 12.1 Å². The van der Waals surface area contributed by atoms with E-state index in [9.17, 15) is 0 Å². The summed E-state index contributed by atoms with van der Waals surface area (Å²) >= 11 is 0. The summed E-state index contributed by atoms with van der Waals surface area (Å²) in [6.07, 6.45) is 2.40. The first kappa shape index (κ1) is 12.5. The van der Waals surface area contributed by atoms with Crippen LogP contribution in [0.3, 0.4) is 0 Å². The van der Waals surface area contributed by atoms with Crippen LogP contribution in [0.5, 0.6) is 0 Å². The summed E-state index contributed by atoms with van der Waals surface area (Å²) in [6, 6.07) is 8.91. The van der Waals surface area contributed by atoms with Gasteiger partial charge in [-0.25, -0.2) is 0 Å². The van der Waals surface area contributed by atoms with Crippen molar-refractivity contribution in [2.24, 2.45) is 0 Å². The molecule has 1 aromatic rings. The summed E-state index contributed by atoms with van der Waals surface area (Å²) in [5, 5.41) is 0. The van der Waals surface area contributed by atoms with E-state index in [0.717, 1.165) is 6.54 Å². The normalized spacial score (nSPS) is 18.3. The molecule has 1 nitrogen and oxygen atoms in total. The van der Waals surface area contributed by atoms with Crippen molar-refractivity contribution in [3.63, 3.8) is 0 Å². The van der Waals surface area contributed by atoms with Gasteiger partial charge in [-0.15, -0.1) is 0 Å². The number of rotatable bonds is 3. The number of hydrogen-bond donors (Lipinski definition) is 0. The lowest BCUT2D eigenvalue weighted by atomic mass is 9.87. The van der Waals surface area contributed by atoms with Gasteiger partial charge in [0.2, 0.25) is 0 Å². The van der Waals surface area contributed by atoms with Crippen molar-refractivity contribution in [3.05, 3.63) is 29.8 Å². The number of fused-ring (bicyclic) bond motifs is 1. The number of anilines is 1. The Morgan fingerprint density at radius 1 is 1.18 bits per heavy atom.